The van der Waals surface area contributed by atoms with E-state index < -0.39 is 0 Å². The van der Waals surface area contributed by atoms with Crippen LogP contribution in [0.1, 0.15) is 5.69 Å². The lowest BCUT2D eigenvalue weighted by Gasteiger charge is -1.91. The van der Waals surface area contributed by atoms with Crippen LogP contribution >= 0.6 is 15.9 Å². The first-order valence-electron chi connectivity index (χ1n) is 3.38. The number of hydrogen-bond donors (Lipinski definition) is 0. The Labute approximate surface area is 73.0 Å². The average Bonchev–Trinajstić information content (AvgIpc) is 2.30. The summed E-state index contributed by atoms with van der Waals surface area (Å²) in [5.74, 6) is 0. The van der Waals surface area contributed by atoms with Crippen molar-refractivity contribution >= 4 is 21.4 Å². The molecule has 3 heteroatoms. The largest absolute Gasteiger partial charge is 0.294 e. The van der Waals surface area contributed by atoms with Crippen LogP contribution in [0, 0.1) is 6.92 Å². The van der Waals surface area contributed by atoms with E-state index >= 15 is 0 Å². The van der Waals surface area contributed by atoms with Gasteiger partial charge in [-0.05, 0) is 35.0 Å². The minimum absolute atomic E-state index is 0.866. The predicted molar refractivity (Wildman–Crippen MR) is 47.6 cm³/mol. The summed E-state index contributed by atoms with van der Waals surface area (Å²) in [4.78, 5) is 4.27. The third kappa shape index (κ3) is 0.959. The number of hydrogen-bond acceptors (Lipinski definition) is 1. The third-order valence-corrected chi connectivity index (χ3v) is 2.25. The lowest BCUT2D eigenvalue weighted by Crippen LogP contribution is -1.80. The molecule has 0 atom stereocenters. The van der Waals surface area contributed by atoms with Crippen molar-refractivity contribution in [2.45, 2.75) is 6.92 Å². The zero-order chi connectivity index (χ0) is 7.84. The Hall–Kier alpha value is -0.830. The molecule has 0 aromatic carbocycles. The van der Waals surface area contributed by atoms with Gasteiger partial charge >= 0.3 is 0 Å². The van der Waals surface area contributed by atoms with Gasteiger partial charge in [0.25, 0.3) is 0 Å². The Morgan fingerprint density at radius 2 is 2.27 bits per heavy atom. The summed E-state index contributed by atoms with van der Waals surface area (Å²) in [5.41, 5.74) is 2.21. The lowest BCUT2D eigenvalue weighted by atomic mass is 10.3. The highest BCUT2D eigenvalue weighted by Crippen LogP contribution is 2.15. The number of aromatic nitrogens is 2. The van der Waals surface area contributed by atoms with E-state index in [1.807, 2.05) is 35.7 Å². The number of aryl methyl sites for hydroxylation is 1. The van der Waals surface area contributed by atoms with Crippen LogP contribution in [0.5, 0.6) is 0 Å². The smallest absolute Gasteiger partial charge is 0.181 e. The van der Waals surface area contributed by atoms with Gasteiger partial charge in [0, 0.05) is 6.20 Å². The minimum Gasteiger partial charge on any atom is -0.294 e. The van der Waals surface area contributed by atoms with Gasteiger partial charge in [-0.2, -0.15) is 0 Å². The first kappa shape index (κ1) is 6.85. The molecular formula is C8H7BrN2. The van der Waals surface area contributed by atoms with Crippen LogP contribution in [0.3, 0.4) is 0 Å². The second-order valence-electron chi connectivity index (χ2n) is 2.42. The first-order valence-corrected chi connectivity index (χ1v) is 4.17. The maximum atomic E-state index is 4.27. The number of rotatable bonds is 0. The second kappa shape index (κ2) is 2.34. The molecule has 0 amide bonds. The summed E-state index contributed by atoms with van der Waals surface area (Å²) in [6.07, 6.45) is 1.99. The Bertz CT molecular complexity index is 356. The fourth-order valence-electron chi connectivity index (χ4n) is 1.15. The Morgan fingerprint density at radius 1 is 1.45 bits per heavy atom. The standard InChI is InChI=1S/C8H7BrN2/c1-6-7-4-2-3-5-11(7)8(9)10-6/h2-5H,1H3. The molecule has 0 bridgehead atoms. The van der Waals surface area contributed by atoms with Crippen LogP contribution in [0.4, 0.5) is 0 Å². The SMILES string of the molecule is Cc1nc(Br)n2ccccc12. The molecule has 0 spiro atoms. The quantitative estimate of drug-likeness (QED) is 0.653. The summed E-state index contributed by atoms with van der Waals surface area (Å²) in [6, 6.07) is 6.04. The average molecular weight is 211 g/mol. The maximum absolute atomic E-state index is 4.27. The molecule has 2 aromatic heterocycles. The van der Waals surface area contributed by atoms with Gasteiger partial charge in [0.05, 0.1) is 11.2 Å². The number of fused-ring (bicyclic) bond motifs is 1. The third-order valence-electron chi connectivity index (χ3n) is 1.69. The van der Waals surface area contributed by atoms with Gasteiger partial charge in [-0.15, -0.1) is 0 Å². The fraction of sp³-hybridized carbons (Fsp3) is 0.125. The Kier molecular flexibility index (Phi) is 1.46. The molecular weight excluding hydrogens is 204 g/mol. The van der Waals surface area contributed by atoms with E-state index in [0.717, 1.165) is 15.9 Å². The van der Waals surface area contributed by atoms with Crippen molar-refractivity contribution in [1.82, 2.24) is 9.38 Å². The molecule has 0 unspecified atom stereocenters. The molecule has 0 aliphatic rings. The zero-order valence-electron chi connectivity index (χ0n) is 6.08. The number of nitrogens with zero attached hydrogens (tertiary/aromatic N) is 2. The van der Waals surface area contributed by atoms with Crippen LogP contribution < -0.4 is 0 Å². The van der Waals surface area contributed by atoms with Crippen LogP contribution in [0.2, 0.25) is 0 Å². The van der Waals surface area contributed by atoms with Gasteiger partial charge in [0.15, 0.2) is 4.73 Å². The van der Waals surface area contributed by atoms with Gasteiger partial charge in [-0.3, -0.25) is 4.40 Å². The first-order chi connectivity index (χ1) is 5.29. The van der Waals surface area contributed by atoms with Crippen molar-refractivity contribution in [3.8, 4) is 0 Å². The monoisotopic (exact) mass is 210 g/mol. The predicted octanol–water partition coefficient (Wildman–Crippen LogP) is 2.41. The van der Waals surface area contributed by atoms with E-state index in [2.05, 4.69) is 20.9 Å². The molecule has 0 aliphatic heterocycles. The molecule has 0 radical (unpaired) electrons. The van der Waals surface area contributed by atoms with Crippen LogP contribution in [-0.4, -0.2) is 9.38 Å². The highest BCUT2D eigenvalue weighted by Gasteiger charge is 2.01. The van der Waals surface area contributed by atoms with E-state index in [1.165, 1.54) is 0 Å². The maximum Gasteiger partial charge on any atom is 0.181 e. The number of pyridine rings is 1. The molecule has 0 saturated carbocycles. The van der Waals surface area contributed by atoms with Crippen LogP contribution in [-0.2, 0) is 0 Å². The lowest BCUT2D eigenvalue weighted by molar-refractivity contribution is 1.09. The fourth-order valence-corrected chi connectivity index (χ4v) is 1.72. The van der Waals surface area contributed by atoms with Crippen LogP contribution in [0.25, 0.3) is 5.52 Å². The second-order valence-corrected chi connectivity index (χ2v) is 3.13. The van der Waals surface area contributed by atoms with Crippen molar-refractivity contribution in [3.05, 3.63) is 34.8 Å². The normalized spacial score (nSPS) is 10.7. The molecule has 56 valence electrons. The van der Waals surface area contributed by atoms with E-state index in [9.17, 15) is 0 Å². The van der Waals surface area contributed by atoms with Crippen LogP contribution in [0.15, 0.2) is 29.1 Å². The van der Waals surface area contributed by atoms with E-state index in [0.29, 0.717) is 0 Å². The summed E-state index contributed by atoms with van der Waals surface area (Å²) in [6.45, 7) is 2.00. The van der Waals surface area contributed by atoms with Gasteiger partial charge in [0.1, 0.15) is 0 Å². The van der Waals surface area contributed by atoms with Gasteiger partial charge in [-0.1, -0.05) is 6.07 Å². The molecule has 2 heterocycles. The highest BCUT2D eigenvalue weighted by atomic mass is 79.9. The zero-order valence-corrected chi connectivity index (χ0v) is 7.67. The summed E-state index contributed by atoms with van der Waals surface area (Å²) in [7, 11) is 0. The minimum atomic E-state index is 0.866. The molecule has 0 saturated heterocycles. The van der Waals surface area contributed by atoms with E-state index in [4.69, 9.17) is 0 Å². The van der Waals surface area contributed by atoms with Gasteiger partial charge in [-0.25, -0.2) is 4.98 Å². The summed E-state index contributed by atoms with van der Waals surface area (Å²) in [5, 5.41) is 0. The molecule has 0 aliphatic carbocycles. The van der Waals surface area contributed by atoms with Gasteiger partial charge < -0.3 is 0 Å². The molecule has 0 fully saturated rings. The Balaban J connectivity index is 2.95. The van der Waals surface area contributed by atoms with Crippen molar-refractivity contribution in [2.24, 2.45) is 0 Å². The van der Waals surface area contributed by atoms with Crippen molar-refractivity contribution < 1.29 is 0 Å². The van der Waals surface area contributed by atoms with Gasteiger partial charge in [0.2, 0.25) is 0 Å². The summed E-state index contributed by atoms with van der Waals surface area (Å²) >= 11 is 3.37. The summed E-state index contributed by atoms with van der Waals surface area (Å²) < 4.78 is 2.88. The highest BCUT2D eigenvalue weighted by molar-refractivity contribution is 9.10. The van der Waals surface area contributed by atoms with E-state index in [-0.39, 0.29) is 0 Å². The van der Waals surface area contributed by atoms with Crippen molar-refractivity contribution in [3.63, 3.8) is 0 Å². The van der Waals surface area contributed by atoms with Crippen molar-refractivity contribution in [2.75, 3.05) is 0 Å². The molecule has 2 nitrogen and oxygen atoms in total. The molecule has 0 N–H and O–H groups in total. The molecule has 2 aromatic rings. The van der Waals surface area contributed by atoms with Crippen molar-refractivity contribution in [1.29, 1.82) is 0 Å². The number of halogens is 1. The Morgan fingerprint density at radius 3 is 3.00 bits per heavy atom. The molecule has 11 heavy (non-hydrogen) atoms. The topological polar surface area (TPSA) is 17.3 Å². The number of imidazole rings is 1. The molecule has 2 rings (SSSR count). The van der Waals surface area contributed by atoms with E-state index in [1.54, 1.807) is 0 Å².